The van der Waals surface area contributed by atoms with Crippen LogP contribution in [-0.2, 0) is 6.42 Å². The number of nitrogens with one attached hydrogen (secondary N) is 1. The molecule has 1 nitrogen and oxygen atoms in total. The Morgan fingerprint density at radius 1 is 1.06 bits per heavy atom. The molecule has 0 radical (unpaired) electrons. The second-order valence-corrected chi connectivity index (χ2v) is 4.47. The number of halogens is 1. The maximum absolute atomic E-state index is 13.0. The van der Waals surface area contributed by atoms with Crippen molar-refractivity contribution >= 4 is 0 Å². The Bertz CT molecular complexity index is 481. The van der Waals surface area contributed by atoms with Crippen LogP contribution in [0.25, 0.3) is 0 Å². The number of hydrogen-bond donors (Lipinski definition) is 1. The van der Waals surface area contributed by atoms with Crippen LogP contribution in [0.3, 0.4) is 0 Å². The highest BCUT2D eigenvalue weighted by molar-refractivity contribution is 5.19. The lowest BCUT2D eigenvalue weighted by Crippen LogP contribution is -2.21. The minimum Gasteiger partial charge on any atom is -0.310 e. The molecule has 2 heteroatoms. The topological polar surface area (TPSA) is 12.0 Å². The van der Waals surface area contributed by atoms with Crippen LogP contribution in [0, 0.1) is 5.82 Å². The van der Waals surface area contributed by atoms with Crippen molar-refractivity contribution in [1.82, 2.24) is 5.32 Å². The molecule has 0 saturated heterocycles. The van der Waals surface area contributed by atoms with E-state index in [1.54, 1.807) is 12.1 Å². The molecule has 94 valence electrons. The van der Waals surface area contributed by atoms with E-state index in [1.165, 1.54) is 11.6 Å². The molecule has 18 heavy (non-hydrogen) atoms. The lowest BCUT2D eigenvalue weighted by Gasteiger charge is -2.14. The van der Waals surface area contributed by atoms with E-state index in [-0.39, 0.29) is 5.82 Å². The van der Waals surface area contributed by atoms with Gasteiger partial charge in [0.1, 0.15) is 5.82 Å². The zero-order valence-electron chi connectivity index (χ0n) is 10.6. The van der Waals surface area contributed by atoms with Crippen molar-refractivity contribution in [2.75, 3.05) is 6.54 Å². The van der Waals surface area contributed by atoms with Crippen LogP contribution < -0.4 is 5.32 Å². The van der Waals surface area contributed by atoms with E-state index in [1.807, 2.05) is 24.3 Å². The fourth-order valence-electron chi connectivity index (χ4n) is 1.99. The van der Waals surface area contributed by atoms with Crippen molar-refractivity contribution < 1.29 is 4.39 Å². The first-order valence-corrected chi connectivity index (χ1v) is 6.28. The molecule has 0 saturated carbocycles. The van der Waals surface area contributed by atoms with Crippen molar-refractivity contribution in [2.24, 2.45) is 0 Å². The van der Waals surface area contributed by atoms with E-state index in [9.17, 15) is 4.39 Å². The first-order chi connectivity index (χ1) is 8.75. The molecule has 2 aromatic carbocycles. The fraction of sp³-hybridized carbons (Fsp3) is 0.250. The third kappa shape index (κ3) is 3.67. The molecule has 0 heterocycles. The lowest BCUT2D eigenvalue weighted by molar-refractivity contribution is 0.574. The number of hydrogen-bond acceptors (Lipinski definition) is 1. The second kappa shape index (κ2) is 6.31. The molecule has 0 fully saturated rings. The van der Waals surface area contributed by atoms with Gasteiger partial charge < -0.3 is 5.32 Å². The van der Waals surface area contributed by atoms with E-state index in [4.69, 9.17) is 0 Å². The van der Waals surface area contributed by atoms with Crippen LogP contribution in [0.2, 0.25) is 0 Å². The summed E-state index contributed by atoms with van der Waals surface area (Å²) in [5.74, 6) is -0.163. The summed E-state index contributed by atoms with van der Waals surface area (Å²) in [5, 5.41) is 3.44. The van der Waals surface area contributed by atoms with Gasteiger partial charge in [-0.15, -0.1) is 0 Å². The molecule has 0 bridgehead atoms. The number of rotatable bonds is 5. The van der Waals surface area contributed by atoms with Gasteiger partial charge in [-0.05, 0) is 43.1 Å². The van der Waals surface area contributed by atoms with Crippen LogP contribution in [0.1, 0.15) is 24.1 Å². The third-order valence-electron chi connectivity index (χ3n) is 3.05. The van der Waals surface area contributed by atoms with Crippen molar-refractivity contribution in [2.45, 2.75) is 19.4 Å². The monoisotopic (exact) mass is 243 g/mol. The van der Waals surface area contributed by atoms with Gasteiger partial charge in [0.05, 0.1) is 0 Å². The van der Waals surface area contributed by atoms with Crippen molar-refractivity contribution in [1.29, 1.82) is 0 Å². The van der Waals surface area contributed by atoms with Gasteiger partial charge in [0.15, 0.2) is 0 Å². The summed E-state index contributed by atoms with van der Waals surface area (Å²) in [4.78, 5) is 0. The summed E-state index contributed by atoms with van der Waals surface area (Å²) in [6, 6.07) is 17.4. The van der Waals surface area contributed by atoms with E-state index >= 15 is 0 Å². The van der Waals surface area contributed by atoms with Crippen molar-refractivity contribution in [3.05, 3.63) is 71.5 Å². The van der Waals surface area contributed by atoms with Gasteiger partial charge in [0, 0.05) is 6.04 Å². The molecule has 1 atom stereocenters. The smallest absolute Gasteiger partial charge is 0.123 e. The maximum atomic E-state index is 13.0. The van der Waals surface area contributed by atoms with Gasteiger partial charge in [0.25, 0.3) is 0 Å². The molecular weight excluding hydrogens is 225 g/mol. The Kier molecular flexibility index (Phi) is 4.48. The molecule has 0 aromatic heterocycles. The second-order valence-electron chi connectivity index (χ2n) is 4.47. The van der Waals surface area contributed by atoms with Gasteiger partial charge >= 0.3 is 0 Å². The van der Waals surface area contributed by atoms with Gasteiger partial charge in [0.2, 0.25) is 0 Å². The highest BCUT2D eigenvalue weighted by Crippen LogP contribution is 2.11. The van der Waals surface area contributed by atoms with E-state index < -0.39 is 0 Å². The molecule has 0 aliphatic carbocycles. The minimum absolute atomic E-state index is 0.163. The lowest BCUT2D eigenvalue weighted by atomic mass is 10.1. The highest BCUT2D eigenvalue weighted by Gasteiger charge is 2.03. The molecule has 2 aromatic rings. The Balaban J connectivity index is 1.82. The molecule has 0 amide bonds. The third-order valence-corrected chi connectivity index (χ3v) is 3.05. The van der Waals surface area contributed by atoms with Gasteiger partial charge in [-0.2, -0.15) is 0 Å². The summed E-state index contributed by atoms with van der Waals surface area (Å²) < 4.78 is 13.0. The van der Waals surface area contributed by atoms with E-state index in [0.29, 0.717) is 6.04 Å². The summed E-state index contributed by atoms with van der Waals surface area (Å²) in [6.07, 6.45) is 0.842. The average molecular weight is 243 g/mol. The van der Waals surface area contributed by atoms with Crippen molar-refractivity contribution in [3.8, 4) is 0 Å². The first kappa shape index (κ1) is 12.8. The van der Waals surface area contributed by atoms with Crippen LogP contribution in [0.4, 0.5) is 4.39 Å². The Morgan fingerprint density at radius 3 is 2.56 bits per heavy atom. The van der Waals surface area contributed by atoms with Crippen LogP contribution >= 0.6 is 0 Å². The summed E-state index contributed by atoms with van der Waals surface area (Å²) in [5.41, 5.74) is 2.31. The molecule has 0 aliphatic heterocycles. The molecule has 2 rings (SSSR count). The van der Waals surface area contributed by atoms with E-state index in [0.717, 1.165) is 18.5 Å². The predicted molar refractivity (Wildman–Crippen MR) is 73.0 cm³/mol. The Morgan fingerprint density at radius 2 is 1.83 bits per heavy atom. The average Bonchev–Trinajstić information content (AvgIpc) is 2.40. The molecular formula is C16H18FN. The quantitative estimate of drug-likeness (QED) is 0.844. The zero-order chi connectivity index (χ0) is 12.8. The van der Waals surface area contributed by atoms with Gasteiger partial charge in [-0.1, -0.05) is 42.5 Å². The molecule has 0 aliphatic rings. The predicted octanol–water partition coefficient (Wildman–Crippen LogP) is 3.72. The maximum Gasteiger partial charge on any atom is 0.123 e. The summed E-state index contributed by atoms with van der Waals surface area (Å²) in [6.45, 7) is 2.99. The van der Waals surface area contributed by atoms with E-state index in [2.05, 4.69) is 24.4 Å². The molecule has 1 N–H and O–H groups in total. The van der Waals surface area contributed by atoms with Crippen LogP contribution in [0.15, 0.2) is 54.6 Å². The zero-order valence-corrected chi connectivity index (χ0v) is 10.6. The summed E-state index contributed by atoms with van der Waals surface area (Å²) >= 11 is 0. The Labute approximate surface area is 108 Å². The largest absolute Gasteiger partial charge is 0.310 e. The molecule has 0 spiro atoms. The van der Waals surface area contributed by atoms with Crippen molar-refractivity contribution in [3.63, 3.8) is 0 Å². The standard InChI is InChI=1S/C16H18FN/c1-13(15-7-3-2-4-8-15)18-11-10-14-6-5-9-16(17)12-14/h2-9,12-13,18H,10-11H2,1H3. The molecule has 1 unspecified atom stereocenters. The van der Waals surface area contributed by atoms with Crippen LogP contribution in [-0.4, -0.2) is 6.54 Å². The normalized spacial score (nSPS) is 12.3. The van der Waals surface area contributed by atoms with Crippen LogP contribution in [0.5, 0.6) is 0 Å². The summed E-state index contributed by atoms with van der Waals surface area (Å²) in [7, 11) is 0. The van der Waals surface area contributed by atoms with Gasteiger partial charge in [-0.3, -0.25) is 0 Å². The number of benzene rings is 2. The SMILES string of the molecule is CC(NCCc1cccc(F)c1)c1ccccc1. The van der Waals surface area contributed by atoms with Gasteiger partial charge in [-0.25, -0.2) is 4.39 Å². The minimum atomic E-state index is -0.163. The fourth-order valence-corrected chi connectivity index (χ4v) is 1.99. The Hall–Kier alpha value is -1.67. The highest BCUT2D eigenvalue weighted by atomic mass is 19.1. The first-order valence-electron chi connectivity index (χ1n) is 6.28.